The van der Waals surface area contributed by atoms with Crippen LogP contribution in [0.1, 0.15) is 6.92 Å². The molecule has 6 nitrogen and oxygen atoms in total. The van der Waals surface area contributed by atoms with Crippen molar-refractivity contribution < 1.29 is 18.3 Å². The first-order valence-corrected chi connectivity index (χ1v) is 5.00. The van der Waals surface area contributed by atoms with Crippen LogP contribution in [0.25, 0.3) is 0 Å². The molecule has 4 N–H and O–H groups in total. The van der Waals surface area contributed by atoms with E-state index in [1.54, 1.807) is 0 Å². The average molecular weight is 196 g/mol. The van der Waals surface area contributed by atoms with Crippen molar-refractivity contribution >= 4 is 16.0 Å². The Bertz CT molecular complexity index is 248. The lowest BCUT2D eigenvalue weighted by Crippen LogP contribution is -2.42. The molecule has 0 aliphatic carbocycles. The van der Waals surface area contributed by atoms with Crippen molar-refractivity contribution in [1.29, 1.82) is 0 Å². The van der Waals surface area contributed by atoms with E-state index in [1.165, 1.54) is 6.92 Å². The molecule has 72 valence electrons. The summed E-state index contributed by atoms with van der Waals surface area (Å²) in [5.41, 5.74) is 5.05. The van der Waals surface area contributed by atoms with Gasteiger partial charge >= 0.3 is 5.97 Å². The molecular formula is C5H12N2O4S. The van der Waals surface area contributed by atoms with E-state index in [-0.39, 0.29) is 12.3 Å². The van der Waals surface area contributed by atoms with Gasteiger partial charge in [-0.25, -0.2) is 13.1 Å². The Hall–Kier alpha value is -0.660. The van der Waals surface area contributed by atoms with E-state index in [4.69, 9.17) is 10.8 Å². The first-order valence-electron chi connectivity index (χ1n) is 3.34. The first-order chi connectivity index (χ1) is 5.39. The molecule has 0 aromatic heterocycles. The lowest BCUT2D eigenvalue weighted by Gasteiger charge is -2.07. The van der Waals surface area contributed by atoms with Crippen LogP contribution in [-0.2, 0) is 14.8 Å². The summed E-state index contributed by atoms with van der Waals surface area (Å²) >= 11 is 0. The van der Waals surface area contributed by atoms with E-state index in [1.807, 2.05) is 0 Å². The number of rotatable bonds is 5. The number of aliphatic carboxylic acids is 1. The molecule has 0 aromatic rings. The highest BCUT2D eigenvalue weighted by molar-refractivity contribution is 7.89. The molecule has 0 radical (unpaired) electrons. The molecule has 0 aliphatic heterocycles. The zero-order chi connectivity index (χ0) is 9.78. The Balaban J connectivity index is 3.92. The molecular weight excluding hydrogens is 184 g/mol. The van der Waals surface area contributed by atoms with Crippen molar-refractivity contribution in [3.63, 3.8) is 0 Å². The quantitative estimate of drug-likeness (QED) is 0.487. The Morgan fingerprint density at radius 3 is 2.50 bits per heavy atom. The van der Waals surface area contributed by atoms with Crippen LogP contribution >= 0.6 is 0 Å². The first kappa shape index (κ1) is 11.3. The van der Waals surface area contributed by atoms with Crippen molar-refractivity contribution in [1.82, 2.24) is 4.72 Å². The van der Waals surface area contributed by atoms with E-state index >= 15 is 0 Å². The number of carboxylic acid groups (broad SMARTS) is 1. The SMILES string of the molecule is CCS(=O)(=O)NCC(N)C(=O)O. The third-order valence-corrected chi connectivity index (χ3v) is 2.59. The monoisotopic (exact) mass is 196 g/mol. The highest BCUT2D eigenvalue weighted by atomic mass is 32.2. The number of carbonyl (C=O) groups is 1. The maximum atomic E-state index is 10.8. The molecule has 0 heterocycles. The van der Waals surface area contributed by atoms with E-state index in [2.05, 4.69) is 4.72 Å². The maximum Gasteiger partial charge on any atom is 0.321 e. The van der Waals surface area contributed by atoms with Crippen LogP contribution in [0.2, 0.25) is 0 Å². The normalized spacial score (nSPS) is 14.2. The summed E-state index contributed by atoms with van der Waals surface area (Å²) in [5.74, 6) is -1.31. The molecule has 0 spiro atoms. The summed E-state index contributed by atoms with van der Waals surface area (Å²) in [6.45, 7) is 1.18. The van der Waals surface area contributed by atoms with Gasteiger partial charge in [0.15, 0.2) is 0 Å². The van der Waals surface area contributed by atoms with Crippen LogP contribution in [0.3, 0.4) is 0 Å². The summed E-state index contributed by atoms with van der Waals surface area (Å²) in [6, 6.07) is -1.19. The molecule has 1 unspecified atom stereocenters. The Morgan fingerprint density at radius 2 is 2.17 bits per heavy atom. The molecule has 0 aromatic carbocycles. The third-order valence-electron chi connectivity index (χ3n) is 1.22. The highest BCUT2D eigenvalue weighted by Gasteiger charge is 2.14. The van der Waals surface area contributed by atoms with Crippen molar-refractivity contribution in [2.24, 2.45) is 5.73 Å². The summed E-state index contributed by atoms with van der Waals surface area (Å²) in [7, 11) is -3.34. The van der Waals surface area contributed by atoms with Gasteiger partial charge in [-0.1, -0.05) is 0 Å². The molecule has 7 heteroatoms. The van der Waals surface area contributed by atoms with Crippen LogP contribution in [0.4, 0.5) is 0 Å². The number of nitrogens with two attached hydrogens (primary N) is 1. The standard InChI is InChI=1S/C5H12N2O4S/c1-2-12(10,11)7-3-4(6)5(8)9/h4,7H,2-3,6H2,1H3,(H,8,9). The van der Waals surface area contributed by atoms with Crippen molar-refractivity contribution in [2.75, 3.05) is 12.3 Å². The average Bonchev–Trinajstić information content (AvgIpc) is 2.00. The van der Waals surface area contributed by atoms with Gasteiger partial charge in [-0.05, 0) is 6.92 Å². The molecule has 0 saturated heterocycles. The zero-order valence-corrected chi connectivity index (χ0v) is 7.47. The number of nitrogens with one attached hydrogen (secondary N) is 1. The molecule has 0 fully saturated rings. The van der Waals surface area contributed by atoms with Gasteiger partial charge in [0, 0.05) is 6.54 Å². The third kappa shape index (κ3) is 4.27. The Morgan fingerprint density at radius 1 is 1.67 bits per heavy atom. The molecule has 0 saturated carbocycles. The predicted octanol–water partition coefficient (Wildman–Crippen LogP) is -1.66. The fraction of sp³-hybridized carbons (Fsp3) is 0.800. The number of carboxylic acids is 1. The highest BCUT2D eigenvalue weighted by Crippen LogP contribution is 1.83. The van der Waals surface area contributed by atoms with Gasteiger partial charge in [0.25, 0.3) is 0 Å². The van der Waals surface area contributed by atoms with Crippen molar-refractivity contribution in [3.05, 3.63) is 0 Å². The second-order valence-electron chi connectivity index (χ2n) is 2.20. The molecule has 12 heavy (non-hydrogen) atoms. The number of hydrogen-bond donors (Lipinski definition) is 3. The summed E-state index contributed by atoms with van der Waals surface area (Å²) < 4.78 is 23.6. The number of hydrogen-bond acceptors (Lipinski definition) is 4. The summed E-state index contributed by atoms with van der Waals surface area (Å²) in [5, 5.41) is 8.29. The van der Waals surface area contributed by atoms with Gasteiger partial charge in [-0.3, -0.25) is 4.79 Å². The van der Waals surface area contributed by atoms with E-state index in [0.717, 1.165) is 0 Å². The molecule has 0 bridgehead atoms. The lowest BCUT2D eigenvalue weighted by atomic mass is 10.3. The fourth-order valence-electron chi connectivity index (χ4n) is 0.406. The maximum absolute atomic E-state index is 10.8. The van der Waals surface area contributed by atoms with Gasteiger partial charge in [0.2, 0.25) is 10.0 Å². The van der Waals surface area contributed by atoms with Crippen LogP contribution in [0.5, 0.6) is 0 Å². The minimum absolute atomic E-state index is 0.0840. The minimum Gasteiger partial charge on any atom is -0.480 e. The van der Waals surface area contributed by atoms with Crippen molar-refractivity contribution in [3.8, 4) is 0 Å². The van der Waals surface area contributed by atoms with Crippen LogP contribution in [-0.4, -0.2) is 37.8 Å². The largest absolute Gasteiger partial charge is 0.480 e. The van der Waals surface area contributed by atoms with E-state index in [9.17, 15) is 13.2 Å². The zero-order valence-electron chi connectivity index (χ0n) is 6.65. The van der Waals surface area contributed by atoms with E-state index in [0.29, 0.717) is 0 Å². The molecule has 0 aliphatic rings. The topological polar surface area (TPSA) is 109 Å². The minimum atomic E-state index is -3.34. The Labute approximate surface area is 70.8 Å². The van der Waals surface area contributed by atoms with Gasteiger partial charge in [-0.2, -0.15) is 0 Å². The van der Waals surface area contributed by atoms with Crippen molar-refractivity contribution in [2.45, 2.75) is 13.0 Å². The molecule has 0 amide bonds. The van der Waals surface area contributed by atoms with Gasteiger partial charge in [-0.15, -0.1) is 0 Å². The summed E-state index contributed by atoms with van der Waals surface area (Å²) in [6.07, 6.45) is 0. The van der Waals surface area contributed by atoms with Gasteiger partial charge in [0.05, 0.1) is 5.75 Å². The van der Waals surface area contributed by atoms with E-state index < -0.39 is 22.0 Å². The van der Waals surface area contributed by atoms with Crippen LogP contribution in [0, 0.1) is 0 Å². The number of sulfonamides is 1. The summed E-state index contributed by atoms with van der Waals surface area (Å²) in [4.78, 5) is 10.1. The molecule has 0 rings (SSSR count). The van der Waals surface area contributed by atoms with Crippen LogP contribution in [0.15, 0.2) is 0 Å². The van der Waals surface area contributed by atoms with Gasteiger partial charge < -0.3 is 10.8 Å². The lowest BCUT2D eigenvalue weighted by molar-refractivity contribution is -0.138. The molecule has 1 atom stereocenters. The second kappa shape index (κ2) is 4.39. The van der Waals surface area contributed by atoms with Crippen LogP contribution < -0.4 is 10.5 Å². The second-order valence-corrected chi connectivity index (χ2v) is 4.29. The Kier molecular flexibility index (Phi) is 4.15. The predicted molar refractivity (Wildman–Crippen MR) is 43.1 cm³/mol. The fourth-order valence-corrected chi connectivity index (χ4v) is 1.04. The van der Waals surface area contributed by atoms with Gasteiger partial charge in [0.1, 0.15) is 6.04 Å². The smallest absolute Gasteiger partial charge is 0.321 e.